The third-order valence-corrected chi connectivity index (χ3v) is 6.44. The molecule has 2 heterocycles. The van der Waals surface area contributed by atoms with Crippen LogP contribution in [0, 0.1) is 0 Å². The van der Waals surface area contributed by atoms with Crippen molar-refractivity contribution in [3.05, 3.63) is 28.8 Å². The van der Waals surface area contributed by atoms with Gasteiger partial charge in [0.1, 0.15) is 11.1 Å². The molecule has 1 aromatic rings. The topological polar surface area (TPSA) is 123 Å². The lowest BCUT2D eigenvalue weighted by atomic mass is 9.86. The van der Waals surface area contributed by atoms with Crippen LogP contribution in [0.5, 0.6) is 0 Å². The first-order chi connectivity index (χ1) is 15.0. The lowest BCUT2D eigenvalue weighted by Crippen LogP contribution is -2.74. The van der Waals surface area contributed by atoms with E-state index in [2.05, 4.69) is 0 Å². The summed E-state index contributed by atoms with van der Waals surface area (Å²) < 4.78 is 10.2. The molecule has 4 atom stereocenters. The van der Waals surface area contributed by atoms with Crippen LogP contribution in [0.3, 0.4) is 0 Å². The fourth-order valence-corrected chi connectivity index (χ4v) is 5.27. The predicted octanol–water partition coefficient (Wildman–Crippen LogP) is 4.34. The Bertz CT molecular complexity index is 1000. The highest BCUT2D eigenvalue weighted by Crippen LogP contribution is 2.58. The number of likely N-dealkylation sites (tertiary alicyclic amines) is 1. The smallest absolute Gasteiger partial charge is 0.477 e. The van der Waals surface area contributed by atoms with Crippen molar-refractivity contribution in [2.75, 3.05) is 12.1 Å². The van der Waals surface area contributed by atoms with Crippen molar-refractivity contribution in [1.29, 1.82) is 0 Å². The Balaban J connectivity index is 2.36. The fourth-order valence-electron chi connectivity index (χ4n) is 4.97. The number of quaternary nitrogens is 1. The van der Waals surface area contributed by atoms with Crippen LogP contribution in [0.2, 0.25) is 5.02 Å². The molecule has 1 fully saturated rings. The van der Waals surface area contributed by atoms with Crippen molar-refractivity contribution < 1.29 is 43.4 Å². The first-order valence-electron chi connectivity index (χ1n) is 10.5. The number of hydrogen-bond donors (Lipinski definition) is 2. The molecule has 0 bridgehead atoms. The second-order valence-corrected chi connectivity index (χ2v) is 10.7. The molecule has 0 aromatic heterocycles. The van der Waals surface area contributed by atoms with E-state index in [9.17, 15) is 24.6 Å². The van der Waals surface area contributed by atoms with E-state index in [0.29, 0.717) is 11.3 Å². The third kappa shape index (κ3) is 3.70. The van der Waals surface area contributed by atoms with Crippen LogP contribution in [0.15, 0.2) is 18.2 Å². The number of carboxylic acids is 1. The molecule has 0 radical (unpaired) electrons. The molecule has 2 N–H and O–H groups in total. The lowest BCUT2D eigenvalue weighted by molar-refractivity contribution is -0.953. The van der Waals surface area contributed by atoms with Crippen molar-refractivity contribution in [1.82, 2.24) is 0 Å². The molecule has 182 valence electrons. The monoisotopic (exact) mass is 485 g/mol. The van der Waals surface area contributed by atoms with Crippen LogP contribution in [0.25, 0.3) is 0 Å². The van der Waals surface area contributed by atoms with E-state index in [1.807, 2.05) is 0 Å². The summed E-state index contributed by atoms with van der Waals surface area (Å²) in [5.41, 5.74) is -3.18. The maximum absolute atomic E-state index is 12.9. The quantitative estimate of drug-likeness (QED) is 0.465. The molecule has 0 saturated carbocycles. The summed E-state index contributed by atoms with van der Waals surface area (Å²) in [5, 5.41) is 22.2. The van der Waals surface area contributed by atoms with Crippen molar-refractivity contribution in [3.8, 4) is 0 Å². The first kappa shape index (κ1) is 25.1. The molecule has 0 spiro atoms. The van der Waals surface area contributed by atoms with Gasteiger partial charge in [-0.1, -0.05) is 23.7 Å². The predicted molar refractivity (Wildman–Crippen MR) is 118 cm³/mol. The average molecular weight is 486 g/mol. The highest BCUT2D eigenvalue weighted by molar-refractivity contribution is 6.33. The van der Waals surface area contributed by atoms with Crippen molar-refractivity contribution in [3.63, 3.8) is 0 Å². The maximum atomic E-state index is 12.9. The van der Waals surface area contributed by atoms with E-state index in [4.69, 9.17) is 25.9 Å². The number of benzene rings is 1. The number of nitrogens with zero attached hydrogens (tertiary/aromatic N) is 2. The highest BCUT2D eigenvalue weighted by atomic mass is 35.5. The largest absolute Gasteiger partial charge is 0.517 e. The number of fused-ring (bicyclic) bond motifs is 3. The van der Waals surface area contributed by atoms with E-state index in [0.717, 1.165) is 0 Å². The minimum absolute atomic E-state index is 0.267. The second kappa shape index (κ2) is 7.75. The number of amides is 1. The number of para-hydroxylation sites is 1. The molecular formula is C22H30ClN2O8+. The minimum atomic E-state index is -1.80. The molecule has 0 aliphatic carbocycles. The Kier molecular flexibility index (Phi) is 5.89. The zero-order valence-electron chi connectivity index (χ0n) is 19.7. The van der Waals surface area contributed by atoms with E-state index < -0.39 is 51.7 Å². The summed E-state index contributed by atoms with van der Waals surface area (Å²) in [6.45, 7) is 9.79. The zero-order chi connectivity index (χ0) is 25.1. The molecular weight excluding hydrogens is 456 g/mol. The molecule has 2 aliphatic heterocycles. The first-order valence-corrected chi connectivity index (χ1v) is 10.8. The molecule has 1 saturated heterocycles. The number of ether oxygens (including phenoxy) is 2. The SMILES string of the molecule is CN1O[C@@H]2[C@@](OC(=O)OC(C)(C)C)(C[C@@H](C(=O)O)[N+]2(C(=O)O)C(C)(C)C)c2cccc(Cl)c21. The van der Waals surface area contributed by atoms with Gasteiger partial charge in [-0.05, 0) is 47.6 Å². The molecule has 1 unspecified atom stereocenters. The van der Waals surface area contributed by atoms with Crippen LogP contribution >= 0.6 is 11.6 Å². The number of halogens is 1. The number of rotatable bonds is 2. The average Bonchev–Trinajstić information content (AvgIpc) is 2.92. The summed E-state index contributed by atoms with van der Waals surface area (Å²) in [6, 6.07) is 3.35. The summed E-state index contributed by atoms with van der Waals surface area (Å²) in [4.78, 5) is 44.4. The van der Waals surface area contributed by atoms with E-state index in [1.165, 1.54) is 12.1 Å². The van der Waals surface area contributed by atoms with Gasteiger partial charge in [-0.15, -0.1) is 0 Å². The van der Waals surface area contributed by atoms with Crippen molar-refractivity contribution in [2.45, 2.75) is 77.0 Å². The zero-order valence-corrected chi connectivity index (χ0v) is 20.5. The molecule has 33 heavy (non-hydrogen) atoms. The molecule has 11 heteroatoms. The van der Waals surface area contributed by atoms with Gasteiger partial charge in [0, 0.05) is 12.6 Å². The molecule has 1 aromatic carbocycles. The number of carbonyl (C=O) groups excluding carboxylic acids is 1. The van der Waals surface area contributed by atoms with Gasteiger partial charge in [0.2, 0.25) is 11.6 Å². The number of hydrogen-bond acceptors (Lipinski definition) is 7. The highest BCUT2D eigenvalue weighted by Gasteiger charge is 2.79. The number of carboxylic acid groups (broad SMARTS) is 2. The Hall–Kier alpha value is -2.56. The van der Waals surface area contributed by atoms with E-state index in [-0.39, 0.29) is 11.4 Å². The third-order valence-electron chi connectivity index (χ3n) is 6.14. The lowest BCUT2D eigenvalue weighted by Gasteiger charge is -2.50. The number of aliphatic carboxylic acids is 1. The van der Waals surface area contributed by atoms with Crippen LogP contribution < -0.4 is 5.06 Å². The standard InChI is InChI=1S/C22H29ClN2O8/c1-20(2,3)25(18(28)29)14(16(26)27)11-22(32-19(30)31-21(4,5)6)12-9-8-10-13(23)15(12)24(7)33-17(22)25/h8-10,14,17H,11H2,1-7H3,(H-,26,27,28,29)/p+1/t14-,17+,22+,25?/m0/s1. The van der Waals surface area contributed by atoms with E-state index in [1.54, 1.807) is 59.7 Å². The van der Waals surface area contributed by atoms with Gasteiger partial charge in [0.05, 0.1) is 17.1 Å². The normalized spacial score (nSPS) is 29.2. The van der Waals surface area contributed by atoms with Crippen molar-refractivity contribution in [2.24, 2.45) is 0 Å². The Morgan fingerprint density at radius 1 is 1.18 bits per heavy atom. The second-order valence-electron chi connectivity index (χ2n) is 10.3. The van der Waals surface area contributed by atoms with Crippen LogP contribution in [-0.2, 0) is 24.7 Å². The Labute approximate surface area is 197 Å². The fraction of sp³-hybridized carbons (Fsp3) is 0.591. The van der Waals surface area contributed by atoms with E-state index >= 15 is 0 Å². The van der Waals surface area contributed by atoms with Gasteiger partial charge >= 0.3 is 18.2 Å². The van der Waals surface area contributed by atoms with Crippen LogP contribution in [0.1, 0.15) is 53.5 Å². The summed E-state index contributed by atoms with van der Waals surface area (Å²) >= 11 is 6.42. The maximum Gasteiger partial charge on any atom is 0.517 e. The summed E-state index contributed by atoms with van der Waals surface area (Å²) in [5.74, 6) is -1.36. The number of hydroxylamine groups is 1. The molecule has 1 amide bonds. The van der Waals surface area contributed by atoms with Crippen molar-refractivity contribution >= 4 is 35.5 Å². The minimum Gasteiger partial charge on any atom is -0.477 e. The number of anilines is 1. The van der Waals surface area contributed by atoms with Gasteiger partial charge < -0.3 is 19.7 Å². The number of carbonyl (C=O) groups is 3. The van der Waals surface area contributed by atoms with Crippen LogP contribution in [0.4, 0.5) is 15.3 Å². The van der Waals surface area contributed by atoms with Gasteiger partial charge in [0.15, 0.2) is 0 Å². The molecule has 10 nitrogen and oxygen atoms in total. The van der Waals surface area contributed by atoms with Gasteiger partial charge in [-0.2, -0.15) is 9.28 Å². The van der Waals surface area contributed by atoms with Crippen LogP contribution in [-0.4, -0.2) is 63.4 Å². The molecule has 3 rings (SSSR count). The van der Waals surface area contributed by atoms with Gasteiger partial charge in [-0.25, -0.2) is 19.5 Å². The summed E-state index contributed by atoms with van der Waals surface area (Å²) in [6.07, 6.45) is -4.31. The Morgan fingerprint density at radius 2 is 1.79 bits per heavy atom. The van der Waals surface area contributed by atoms with Gasteiger partial charge in [-0.3, -0.25) is 0 Å². The molecule has 2 aliphatic rings. The van der Waals surface area contributed by atoms with Gasteiger partial charge in [0.25, 0.3) is 6.23 Å². The summed E-state index contributed by atoms with van der Waals surface area (Å²) in [7, 11) is 1.54. The Morgan fingerprint density at radius 3 is 2.27 bits per heavy atom.